The van der Waals surface area contributed by atoms with E-state index in [0.717, 1.165) is 12.0 Å². The minimum Gasteiger partial charge on any atom is -0.277 e. The Morgan fingerprint density at radius 2 is 1.58 bits per heavy atom. The van der Waals surface area contributed by atoms with E-state index in [0.29, 0.717) is 5.56 Å². The topological polar surface area (TPSA) is 26.0 Å². The minimum absolute atomic E-state index is 0.236. The monoisotopic (exact) mass is 293 g/mol. The fraction of sp³-hybridized carbons (Fsp3) is 0.571. The second kappa shape index (κ2) is 7.80. The number of rotatable bonds is 2. The van der Waals surface area contributed by atoms with Crippen LogP contribution < -0.4 is 5.14 Å². The summed E-state index contributed by atoms with van der Waals surface area (Å²) in [7, 11) is 0. The number of nitrogens with two attached hydrogens (primary N) is 1. The Morgan fingerprint density at radius 1 is 1.11 bits per heavy atom. The molecule has 0 aliphatic rings. The Hall–Kier alpha value is -0.680. The third-order valence-electron chi connectivity index (χ3n) is 2.16. The molecule has 0 heterocycles. The molecule has 0 amide bonds. The van der Waals surface area contributed by atoms with Gasteiger partial charge in [-0.1, -0.05) is 43.1 Å². The average Bonchev–Trinajstić information content (AvgIpc) is 2.27. The van der Waals surface area contributed by atoms with E-state index < -0.39 is 12.6 Å². The zero-order valence-electron chi connectivity index (χ0n) is 11.8. The molecule has 0 bridgehead atoms. The summed E-state index contributed by atoms with van der Waals surface area (Å²) in [6, 6.07) is 6.61. The molecule has 0 spiro atoms. The van der Waals surface area contributed by atoms with E-state index in [2.05, 4.69) is 20.8 Å². The van der Waals surface area contributed by atoms with Crippen molar-refractivity contribution in [2.24, 2.45) is 5.14 Å². The number of hydrogen-bond donors (Lipinski definition) is 1. The van der Waals surface area contributed by atoms with Crippen molar-refractivity contribution in [3.05, 3.63) is 35.4 Å². The van der Waals surface area contributed by atoms with Crippen molar-refractivity contribution in [1.29, 1.82) is 0 Å². The summed E-state index contributed by atoms with van der Waals surface area (Å²) < 4.78 is 36.2. The van der Waals surface area contributed by atoms with Crippen LogP contribution in [0.4, 0.5) is 13.2 Å². The van der Waals surface area contributed by atoms with Crippen LogP contribution in [0.3, 0.4) is 0 Å². The lowest BCUT2D eigenvalue weighted by Crippen LogP contribution is -2.11. The normalized spacial score (nSPS) is 11.8. The van der Waals surface area contributed by atoms with Gasteiger partial charge < -0.3 is 0 Å². The fourth-order valence-electron chi connectivity index (χ4n) is 1.19. The van der Waals surface area contributed by atoms with E-state index >= 15 is 0 Å². The maximum Gasteiger partial charge on any atom is 0.393 e. The standard InChI is InChI=1S/C10H11F3.C4H11NS/c1-2-8-4-3-5-9(6-8)7-10(11,12)13;1-4(2,3)6-5/h3-6H,2,7H2,1H3;5H2,1-3H3. The van der Waals surface area contributed by atoms with Crippen LogP contribution in [0.2, 0.25) is 0 Å². The SMILES string of the molecule is CC(C)(C)SN.CCc1cccc(CC(F)(F)F)c1. The van der Waals surface area contributed by atoms with Crippen LogP contribution in [0.15, 0.2) is 24.3 Å². The van der Waals surface area contributed by atoms with Crippen molar-refractivity contribution >= 4 is 11.9 Å². The van der Waals surface area contributed by atoms with Crippen LogP contribution >= 0.6 is 11.9 Å². The highest BCUT2D eigenvalue weighted by Crippen LogP contribution is 2.21. The Morgan fingerprint density at radius 3 is 1.95 bits per heavy atom. The molecule has 2 N–H and O–H groups in total. The van der Waals surface area contributed by atoms with Gasteiger partial charge in [-0.3, -0.25) is 5.14 Å². The third-order valence-corrected chi connectivity index (χ3v) is 2.86. The van der Waals surface area contributed by atoms with Gasteiger partial charge in [0.1, 0.15) is 0 Å². The molecular formula is C14H22F3NS. The highest BCUT2D eigenvalue weighted by atomic mass is 32.2. The van der Waals surface area contributed by atoms with Crippen LogP contribution in [0.1, 0.15) is 38.8 Å². The molecule has 0 aromatic heterocycles. The van der Waals surface area contributed by atoms with Crippen molar-refractivity contribution in [2.75, 3.05) is 0 Å². The second-order valence-electron chi connectivity index (χ2n) is 5.20. The summed E-state index contributed by atoms with van der Waals surface area (Å²) >= 11 is 1.38. The minimum atomic E-state index is -4.10. The van der Waals surface area contributed by atoms with Crippen molar-refractivity contribution < 1.29 is 13.2 Å². The lowest BCUT2D eigenvalue weighted by molar-refractivity contribution is -0.127. The Labute approximate surface area is 117 Å². The molecule has 1 rings (SSSR count). The highest BCUT2D eigenvalue weighted by Gasteiger charge is 2.27. The van der Waals surface area contributed by atoms with Crippen molar-refractivity contribution in [3.8, 4) is 0 Å². The lowest BCUT2D eigenvalue weighted by Gasteiger charge is -2.11. The molecule has 19 heavy (non-hydrogen) atoms. The van der Waals surface area contributed by atoms with Gasteiger partial charge in [0, 0.05) is 4.75 Å². The maximum atomic E-state index is 12.0. The average molecular weight is 293 g/mol. The number of hydrogen-bond acceptors (Lipinski definition) is 2. The predicted octanol–water partition coefficient (Wildman–Crippen LogP) is 4.75. The first-order valence-corrected chi connectivity index (χ1v) is 6.98. The van der Waals surface area contributed by atoms with Crippen molar-refractivity contribution in [3.63, 3.8) is 0 Å². The van der Waals surface area contributed by atoms with E-state index in [-0.39, 0.29) is 4.75 Å². The quantitative estimate of drug-likeness (QED) is 0.797. The largest absolute Gasteiger partial charge is 0.393 e. The molecule has 0 fully saturated rings. The Balaban J connectivity index is 0.000000459. The number of alkyl halides is 3. The molecular weight excluding hydrogens is 271 g/mol. The van der Waals surface area contributed by atoms with Gasteiger partial charge in [0.15, 0.2) is 0 Å². The molecule has 0 unspecified atom stereocenters. The number of benzene rings is 1. The molecule has 0 aliphatic heterocycles. The van der Waals surface area contributed by atoms with Crippen LogP contribution in [0.5, 0.6) is 0 Å². The molecule has 0 aliphatic carbocycles. The molecule has 0 saturated heterocycles. The van der Waals surface area contributed by atoms with E-state index in [1.807, 2.05) is 13.0 Å². The molecule has 0 atom stereocenters. The van der Waals surface area contributed by atoms with Crippen LogP contribution in [-0.2, 0) is 12.8 Å². The molecule has 0 saturated carbocycles. The first kappa shape index (κ1) is 18.3. The summed E-state index contributed by atoms with van der Waals surface area (Å²) in [5.41, 5.74) is 1.29. The van der Waals surface area contributed by atoms with Gasteiger partial charge in [0.05, 0.1) is 6.42 Å². The third kappa shape index (κ3) is 10.9. The Bertz CT molecular complexity index is 370. The Kier molecular flexibility index (Phi) is 7.52. The van der Waals surface area contributed by atoms with Gasteiger partial charge in [-0.15, -0.1) is 0 Å². The summed E-state index contributed by atoms with van der Waals surface area (Å²) in [6.45, 7) is 8.17. The van der Waals surface area contributed by atoms with Crippen LogP contribution in [-0.4, -0.2) is 10.9 Å². The molecule has 110 valence electrons. The molecule has 0 radical (unpaired) electrons. The second-order valence-corrected chi connectivity index (χ2v) is 6.66. The fourth-order valence-corrected chi connectivity index (χ4v) is 1.19. The molecule has 1 aromatic carbocycles. The van der Waals surface area contributed by atoms with Crippen LogP contribution in [0, 0.1) is 0 Å². The van der Waals surface area contributed by atoms with E-state index in [1.54, 1.807) is 12.1 Å². The van der Waals surface area contributed by atoms with Crippen molar-refractivity contribution in [1.82, 2.24) is 0 Å². The van der Waals surface area contributed by atoms with Gasteiger partial charge in [-0.25, -0.2) is 0 Å². The van der Waals surface area contributed by atoms with Crippen LogP contribution in [0.25, 0.3) is 0 Å². The maximum absolute atomic E-state index is 12.0. The molecule has 5 heteroatoms. The zero-order chi connectivity index (χ0) is 15.1. The number of aryl methyl sites for hydroxylation is 1. The first-order valence-electron chi connectivity index (χ1n) is 6.10. The van der Waals surface area contributed by atoms with Gasteiger partial charge in [0.2, 0.25) is 0 Å². The van der Waals surface area contributed by atoms with Gasteiger partial charge in [-0.2, -0.15) is 13.2 Å². The van der Waals surface area contributed by atoms with Gasteiger partial charge in [-0.05, 0) is 38.3 Å². The predicted molar refractivity (Wildman–Crippen MR) is 77.1 cm³/mol. The summed E-state index contributed by atoms with van der Waals surface area (Å²) in [6.07, 6.45) is -4.17. The number of halogens is 3. The zero-order valence-corrected chi connectivity index (χ0v) is 12.7. The highest BCUT2D eigenvalue weighted by molar-refractivity contribution is 7.98. The van der Waals surface area contributed by atoms with E-state index in [1.165, 1.54) is 18.0 Å². The van der Waals surface area contributed by atoms with Gasteiger partial charge in [0.25, 0.3) is 0 Å². The van der Waals surface area contributed by atoms with Crippen molar-refractivity contribution in [2.45, 2.75) is 51.5 Å². The molecule has 1 nitrogen and oxygen atoms in total. The van der Waals surface area contributed by atoms with Gasteiger partial charge >= 0.3 is 6.18 Å². The van der Waals surface area contributed by atoms with E-state index in [4.69, 9.17) is 5.14 Å². The summed E-state index contributed by atoms with van der Waals surface area (Å²) in [5.74, 6) is 0. The lowest BCUT2D eigenvalue weighted by atomic mass is 10.1. The first-order chi connectivity index (χ1) is 8.57. The summed E-state index contributed by atoms with van der Waals surface area (Å²) in [4.78, 5) is 0. The smallest absolute Gasteiger partial charge is 0.277 e. The molecule has 1 aromatic rings. The van der Waals surface area contributed by atoms with E-state index in [9.17, 15) is 13.2 Å². The summed E-state index contributed by atoms with van der Waals surface area (Å²) in [5, 5.41) is 5.22.